The summed E-state index contributed by atoms with van der Waals surface area (Å²) in [5.74, 6) is -0.232. The van der Waals surface area contributed by atoms with E-state index < -0.39 is 6.10 Å². The number of carbonyl (C=O) groups is 1. The van der Waals surface area contributed by atoms with Gasteiger partial charge >= 0.3 is 0 Å². The summed E-state index contributed by atoms with van der Waals surface area (Å²) < 4.78 is 5.69. The lowest BCUT2D eigenvalue weighted by Crippen LogP contribution is -2.29. The van der Waals surface area contributed by atoms with Gasteiger partial charge in [-0.3, -0.25) is 4.79 Å². The lowest BCUT2D eigenvalue weighted by molar-refractivity contribution is 0.0913. The molecule has 2 aromatic rings. The van der Waals surface area contributed by atoms with Crippen LogP contribution < -0.4 is 5.32 Å². The molecule has 1 amide bonds. The van der Waals surface area contributed by atoms with Gasteiger partial charge in [0.25, 0.3) is 5.91 Å². The fraction of sp³-hybridized carbons (Fsp3) is 0.267. The highest BCUT2D eigenvalue weighted by atomic mass is 35.5. The zero-order valence-corrected chi connectivity index (χ0v) is 13.1. The van der Waals surface area contributed by atoms with Crippen molar-refractivity contribution < 1.29 is 14.6 Å². The number of ether oxygens (including phenoxy) is 1. The smallest absolute Gasteiger partial charge is 0.251 e. The van der Waals surface area contributed by atoms with Crippen molar-refractivity contribution in [1.29, 1.82) is 0 Å². The molecule has 1 atom stereocenters. The minimum atomic E-state index is -0.763. The van der Waals surface area contributed by atoms with Gasteiger partial charge < -0.3 is 15.2 Å². The Labute approximate surface area is 132 Å². The van der Waals surface area contributed by atoms with E-state index in [0.717, 1.165) is 10.4 Å². The van der Waals surface area contributed by atoms with Gasteiger partial charge in [0.05, 0.1) is 10.9 Å². The lowest BCUT2D eigenvalue weighted by atomic mass is 10.1. The van der Waals surface area contributed by atoms with E-state index in [1.54, 1.807) is 31.4 Å². The van der Waals surface area contributed by atoms with E-state index in [9.17, 15) is 9.90 Å². The minimum absolute atomic E-state index is 0.136. The predicted octanol–water partition coefficient (Wildman–Crippen LogP) is 3.01. The van der Waals surface area contributed by atoms with Crippen LogP contribution in [0.4, 0.5) is 0 Å². The highest BCUT2D eigenvalue weighted by molar-refractivity contribution is 7.16. The van der Waals surface area contributed by atoms with Crippen molar-refractivity contribution in [2.24, 2.45) is 0 Å². The van der Waals surface area contributed by atoms with Crippen LogP contribution >= 0.6 is 22.9 Å². The summed E-state index contributed by atoms with van der Waals surface area (Å²) in [7, 11) is 1.58. The number of amides is 1. The van der Waals surface area contributed by atoms with Gasteiger partial charge in [-0.15, -0.1) is 11.3 Å². The van der Waals surface area contributed by atoms with Crippen molar-refractivity contribution in [3.63, 3.8) is 0 Å². The molecule has 0 aliphatic heterocycles. The molecule has 1 heterocycles. The predicted molar refractivity (Wildman–Crippen MR) is 83.8 cm³/mol. The van der Waals surface area contributed by atoms with Gasteiger partial charge in [-0.05, 0) is 23.8 Å². The number of methoxy groups -OCH3 is 1. The Hall–Kier alpha value is -1.40. The van der Waals surface area contributed by atoms with Crippen LogP contribution in [0, 0.1) is 0 Å². The van der Waals surface area contributed by atoms with Crippen molar-refractivity contribution in [3.8, 4) is 0 Å². The van der Waals surface area contributed by atoms with E-state index in [4.69, 9.17) is 16.3 Å². The zero-order valence-electron chi connectivity index (χ0n) is 11.5. The lowest BCUT2D eigenvalue weighted by Gasteiger charge is -2.12. The summed E-state index contributed by atoms with van der Waals surface area (Å²) in [6.45, 7) is 0.504. The van der Waals surface area contributed by atoms with Crippen LogP contribution in [0.2, 0.25) is 4.34 Å². The Morgan fingerprint density at radius 2 is 2.14 bits per heavy atom. The molecule has 0 aliphatic rings. The van der Waals surface area contributed by atoms with Gasteiger partial charge in [0.2, 0.25) is 0 Å². The Morgan fingerprint density at radius 3 is 2.81 bits per heavy atom. The van der Waals surface area contributed by atoms with Crippen LogP contribution in [0.1, 0.15) is 26.9 Å². The molecule has 1 aromatic heterocycles. The van der Waals surface area contributed by atoms with E-state index in [0.29, 0.717) is 16.5 Å². The molecule has 2 rings (SSSR count). The van der Waals surface area contributed by atoms with Crippen LogP contribution in [0.3, 0.4) is 0 Å². The Balaban J connectivity index is 1.98. The molecular formula is C15H16ClNO3S. The molecule has 1 aromatic carbocycles. The second kappa shape index (κ2) is 7.56. The largest absolute Gasteiger partial charge is 0.386 e. The standard InChI is InChI=1S/C15H16ClNO3S/c1-20-9-10-4-2-3-5-11(10)15(19)17-8-12(18)13-6-7-14(16)21-13/h2-7,12,18H,8-9H2,1H3,(H,17,19)/t12-/m0/s1. The fourth-order valence-corrected chi connectivity index (χ4v) is 2.96. The number of aliphatic hydroxyl groups excluding tert-OH is 1. The molecule has 21 heavy (non-hydrogen) atoms. The molecule has 0 spiro atoms. The van der Waals surface area contributed by atoms with Crippen LogP contribution in [-0.4, -0.2) is 24.7 Å². The molecule has 0 fully saturated rings. The van der Waals surface area contributed by atoms with E-state index in [2.05, 4.69) is 5.32 Å². The average molecular weight is 326 g/mol. The van der Waals surface area contributed by atoms with Crippen molar-refractivity contribution in [3.05, 3.63) is 56.7 Å². The topological polar surface area (TPSA) is 58.6 Å². The Kier molecular flexibility index (Phi) is 5.76. The molecule has 0 aliphatic carbocycles. The van der Waals surface area contributed by atoms with Crippen LogP contribution in [0.15, 0.2) is 36.4 Å². The van der Waals surface area contributed by atoms with Crippen LogP contribution in [0.5, 0.6) is 0 Å². The molecule has 0 unspecified atom stereocenters. The van der Waals surface area contributed by atoms with E-state index in [1.165, 1.54) is 11.3 Å². The number of thiophene rings is 1. The van der Waals surface area contributed by atoms with Crippen molar-refractivity contribution in [1.82, 2.24) is 5.32 Å². The summed E-state index contributed by atoms with van der Waals surface area (Å²) in [6, 6.07) is 10.7. The second-order valence-corrected chi connectivity index (χ2v) is 6.20. The molecule has 6 heteroatoms. The van der Waals surface area contributed by atoms with Crippen LogP contribution in [0.25, 0.3) is 0 Å². The normalized spacial score (nSPS) is 12.1. The molecule has 2 N–H and O–H groups in total. The average Bonchev–Trinajstić information content (AvgIpc) is 2.92. The molecule has 4 nitrogen and oxygen atoms in total. The number of benzene rings is 1. The van der Waals surface area contributed by atoms with Gasteiger partial charge in [0, 0.05) is 24.1 Å². The Bertz CT molecular complexity index is 614. The summed E-state index contributed by atoms with van der Waals surface area (Å²) in [5.41, 5.74) is 1.36. The maximum atomic E-state index is 12.2. The highest BCUT2D eigenvalue weighted by Crippen LogP contribution is 2.26. The summed E-state index contributed by atoms with van der Waals surface area (Å²) >= 11 is 7.12. The number of carbonyl (C=O) groups excluding carboxylic acids is 1. The first-order valence-electron chi connectivity index (χ1n) is 6.40. The zero-order chi connectivity index (χ0) is 15.2. The van der Waals surface area contributed by atoms with Gasteiger partial charge in [0.15, 0.2) is 0 Å². The number of nitrogens with one attached hydrogen (secondary N) is 1. The quantitative estimate of drug-likeness (QED) is 0.858. The highest BCUT2D eigenvalue weighted by Gasteiger charge is 2.14. The number of hydrogen-bond acceptors (Lipinski definition) is 4. The van der Waals surface area contributed by atoms with Crippen molar-refractivity contribution >= 4 is 28.8 Å². The molecule has 0 bridgehead atoms. The van der Waals surface area contributed by atoms with E-state index in [1.807, 2.05) is 12.1 Å². The third-order valence-corrected chi connectivity index (χ3v) is 4.27. The maximum absolute atomic E-state index is 12.2. The van der Waals surface area contributed by atoms with Gasteiger partial charge in [-0.2, -0.15) is 0 Å². The summed E-state index contributed by atoms with van der Waals surface area (Å²) in [5, 5.41) is 12.7. The second-order valence-electron chi connectivity index (χ2n) is 4.46. The van der Waals surface area contributed by atoms with Gasteiger partial charge in [-0.25, -0.2) is 0 Å². The van der Waals surface area contributed by atoms with E-state index in [-0.39, 0.29) is 12.5 Å². The molecule has 0 radical (unpaired) electrons. The minimum Gasteiger partial charge on any atom is -0.386 e. The first-order valence-corrected chi connectivity index (χ1v) is 7.59. The third-order valence-electron chi connectivity index (χ3n) is 2.94. The maximum Gasteiger partial charge on any atom is 0.251 e. The van der Waals surface area contributed by atoms with E-state index >= 15 is 0 Å². The number of rotatable bonds is 6. The van der Waals surface area contributed by atoms with Gasteiger partial charge in [0.1, 0.15) is 6.10 Å². The van der Waals surface area contributed by atoms with Crippen LogP contribution in [-0.2, 0) is 11.3 Å². The first-order chi connectivity index (χ1) is 10.1. The SMILES string of the molecule is COCc1ccccc1C(=O)NC[C@H](O)c1ccc(Cl)s1. The third kappa shape index (κ3) is 4.28. The molecule has 0 saturated carbocycles. The van der Waals surface area contributed by atoms with Crippen molar-refractivity contribution in [2.75, 3.05) is 13.7 Å². The summed E-state index contributed by atoms with van der Waals surface area (Å²) in [4.78, 5) is 12.9. The van der Waals surface area contributed by atoms with Gasteiger partial charge in [-0.1, -0.05) is 29.8 Å². The fourth-order valence-electron chi connectivity index (χ4n) is 1.92. The van der Waals surface area contributed by atoms with Crippen molar-refractivity contribution in [2.45, 2.75) is 12.7 Å². The first kappa shape index (κ1) is 16.0. The molecule has 112 valence electrons. The monoisotopic (exact) mass is 325 g/mol. The number of aliphatic hydroxyl groups is 1. The number of hydrogen-bond donors (Lipinski definition) is 2. The Morgan fingerprint density at radius 1 is 1.38 bits per heavy atom. The number of halogens is 1. The molecular weight excluding hydrogens is 310 g/mol. The molecule has 0 saturated heterocycles. The summed E-state index contributed by atoms with van der Waals surface area (Å²) in [6.07, 6.45) is -0.763.